The van der Waals surface area contributed by atoms with E-state index in [1.165, 1.54) is 12.8 Å². The molecule has 1 aliphatic rings. The topological polar surface area (TPSA) is 56.7 Å². The smallest absolute Gasteiger partial charge is 0.209 e. The van der Waals surface area contributed by atoms with Gasteiger partial charge in [-0.15, -0.1) is 16.4 Å². The molecule has 3 aromatic heterocycles. The Labute approximate surface area is 159 Å². The first-order chi connectivity index (χ1) is 12.9. The zero-order valence-electron chi connectivity index (χ0n) is 13.9. The van der Waals surface area contributed by atoms with Crippen LogP contribution in [0.2, 0.25) is 0 Å². The van der Waals surface area contributed by atoms with Crippen LogP contribution in [0.4, 0.5) is 0 Å². The monoisotopic (exact) mass is 380 g/mol. The zero-order valence-corrected chi connectivity index (χ0v) is 15.5. The maximum atomic E-state index is 5.13. The number of benzene rings is 1. The molecule has 1 aromatic carbocycles. The third kappa shape index (κ3) is 3.20. The van der Waals surface area contributed by atoms with E-state index in [1.54, 1.807) is 35.6 Å². The molecule has 26 heavy (non-hydrogen) atoms. The molecule has 1 aliphatic carbocycles. The Bertz CT molecular complexity index is 1000. The van der Waals surface area contributed by atoms with Crippen molar-refractivity contribution in [1.82, 2.24) is 19.7 Å². The van der Waals surface area contributed by atoms with Crippen molar-refractivity contribution >= 4 is 23.1 Å². The maximum Gasteiger partial charge on any atom is 0.209 e. The molecule has 5 nitrogen and oxygen atoms in total. The normalized spacial score (nSPS) is 14.0. The van der Waals surface area contributed by atoms with E-state index in [0.717, 1.165) is 38.7 Å². The minimum atomic E-state index is 0.545. The summed E-state index contributed by atoms with van der Waals surface area (Å²) < 4.78 is 7.13. The highest BCUT2D eigenvalue weighted by Gasteiger charge is 2.30. The van der Waals surface area contributed by atoms with Crippen LogP contribution in [0.25, 0.3) is 16.3 Å². The van der Waals surface area contributed by atoms with Gasteiger partial charge in [0.1, 0.15) is 17.1 Å². The molecule has 1 saturated carbocycles. The Morgan fingerprint density at radius 1 is 1.15 bits per heavy atom. The van der Waals surface area contributed by atoms with Crippen molar-refractivity contribution in [3.63, 3.8) is 0 Å². The van der Waals surface area contributed by atoms with Crippen LogP contribution in [0.3, 0.4) is 0 Å². The van der Waals surface area contributed by atoms with Gasteiger partial charge >= 0.3 is 0 Å². The Kier molecular flexibility index (Phi) is 4.10. The van der Waals surface area contributed by atoms with Crippen LogP contribution in [0.15, 0.2) is 63.9 Å². The number of nitrogens with zero attached hydrogens (tertiary/aromatic N) is 4. The van der Waals surface area contributed by atoms with Crippen LogP contribution in [0.5, 0.6) is 0 Å². The summed E-state index contributed by atoms with van der Waals surface area (Å²) in [6.45, 7) is 0. The van der Waals surface area contributed by atoms with Crippen molar-refractivity contribution in [3.05, 3.63) is 65.8 Å². The fourth-order valence-corrected chi connectivity index (χ4v) is 4.39. The van der Waals surface area contributed by atoms with E-state index in [4.69, 9.17) is 14.5 Å². The summed E-state index contributed by atoms with van der Waals surface area (Å²) >= 11 is 3.27. The van der Waals surface area contributed by atoms with Gasteiger partial charge in [-0.1, -0.05) is 30.0 Å². The van der Waals surface area contributed by atoms with Gasteiger partial charge in [-0.25, -0.2) is 14.6 Å². The quantitative estimate of drug-likeness (QED) is 0.433. The van der Waals surface area contributed by atoms with Crippen molar-refractivity contribution in [3.8, 4) is 16.3 Å². The zero-order chi connectivity index (χ0) is 17.3. The molecule has 0 saturated heterocycles. The van der Waals surface area contributed by atoms with E-state index in [-0.39, 0.29) is 0 Å². The van der Waals surface area contributed by atoms with Crippen molar-refractivity contribution in [2.24, 2.45) is 0 Å². The third-order valence-electron chi connectivity index (χ3n) is 4.23. The first-order valence-electron chi connectivity index (χ1n) is 8.49. The number of aromatic nitrogens is 4. The lowest BCUT2D eigenvalue weighted by Crippen LogP contribution is -2.01. The van der Waals surface area contributed by atoms with Crippen LogP contribution >= 0.6 is 23.1 Å². The van der Waals surface area contributed by atoms with Gasteiger partial charge in [0.15, 0.2) is 0 Å². The van der Waals surface area contributed by atoms with E-state index in [0.29, 0.717) is 5.92 Å². The standard InChI is InChI=1S/C19H16N4OS2/c1-2-4-16(5-3-1)23-17(13-6-7-13)21-19(22-23)26-12-15-11-25-18(20-15)14-8-9-24-10-14/h1-5,8-11,13H,6-7,12H2. The average Bonchev–Trinajstić information content (AvgIpc) is 3.09. The molecule has 130 valence electrons. The summed E-state index contributed by atoms with van der Waals surface area (Å²) in [5.41, 5.74) is 3.14. The Balaban J connectivity index is 1.35. The molecule has 0 amide bonds. The summed E-state index contributed by atoms with van der Waals surface area (Å²) in [4.78, 5) is 9.47. The highest BCUT2D eigenvalue weighted by Crippen LogP contribution is 2.40. The number of furan rings is 1. The van der Waals surface area contributed by atoms with Gasteiger partial charge in [0.2, 0.25) is 5.16 Å². The van der Waals surface area contributed by atoms with E-state index in [9.17, 15) is 0 Å². The second-order valence-electron chi connectivity index (χ2n) is 6.22. The minimum absolute atomic E-state index is 0.545. The Morgan fingerprint density at radius 3 is 2.81 bits per heavy atom. The molecule has 0 bridgehead atoms. The molecule has 4 aromatic rings. The number of hydrogen-bond donors (Lipinski definition) is 0. The fraction of sp³-hybridized carbons (Fsp3) is 0.211. The van der Waals surface area contributed by atoms with Crippen molar-refractivity contribution in [2.45, 2.75) is 29.7 Å². The lowest BCUT2D eigenvalue weighted by Gasteiger charge is -2.03. The van der Waals surface area contributed by atoms with Gasteiger partial charge in [-0.05, 0) is 31.0 Å². The first-order valence-corrected chi connectivity index (χ1v) is 10.4. The predicted octanol–water partition coefficient (Wildman–Crippen LogP) is 5.15. The highest BCUT2D eigenvalue weighted by atomic mass is 32.2. The van der Waals surface area contributed by atoms with E-state index in [1.807, 2.05) is 28.9 Å². The lowest BCUT2D eigenvalue weighted by atomic mass is 10.3. The van der Waals surface area contributed by atoms with E-state index >= 15 is 0 Å². The minimum Gasteiger partial charge on any atom is -0.472 e. The molecular weight excluding hydrogens is 364 g/mol. The van der Waals surface area contributed by atoms with Crippen molar-refractivity contribution in [1.29, 1.82) is 0 Å². The van der Waals surface area contributed by atoms with Crippen molar-refractivity contribution in [2.75, 3.05) is 0 Å². The molecule has 7 heteroatoms. The second kappa shape index (κ2) is 6.74. The van der Waals surface area contributed by atoms with Crippen LogP contribution in [0.1, 0.15) is 30.3 Å². The van der Waals surface area contributed by atoms with E-state index < -0.39 is 0 Å². The van der Waals surface area contributed by atoms with Gasteiger partial charge in [0, 0.05) is 22.6 Å². The molecule has 1 fully saturated rings. The molecule has 0 atom stereocenters. The molecular formula is C19H16N4OS2. The highest BCUT2D eigenvalue weighted by molar-refractivity contribution is 7.98. The fourth-order valence-electron chi connectivity index (χ4n) is 2.76. The molecule has 0 radical (unpaired) electrons. The maximum absolute atomic E-state index is 5.13. The number of para-hydroxylation sites is 1. The summed E-state index contributed by atoms with van der Waals surface area (Å²) in [5.74, 6) is 2.39. The van der Waals surface area contributed by atoms with Gasteiger partial charge in [-0.3, -0.25) is 0 Å². The van der Waals surface area contributed by atoms with Crippen LogP contribution in [0, 0.1) is 0 Å². The summed E-state index contributed by atoms with van der Waals surface area (Å²) in [7, 11) is 0. The summed E-state index contributed by atoms with van der Waals surface area (Å²) in [6, 6.07) is 12.2. The van der Waals surface area contributed by atoms with Gasteiger partial charge < -0.3 is 4.42 Å². The predicted molar refractivity (Wildman–Crippen MR) is 103 cm³/mol. The molecule has 3 heterocycles. The number of rotatable bonds is 6. The largest absolute Gasteiger partial charge is 0.472 e. The Hall–Kier alpha value is -2.38. The van der Waals surface area contributed by atoms with Gasteiger partial charge in [0.05, 0.1) is 17.6 Å². The van der Waals surface area contributed by atoms with Crippen LogP contribution in [-0.4, -0.2) is 19.7 Å². The molecule has 0 aliphatic heterocycles. The third-order valence-corrected chi connectivity index (χ3v) is 6.04. The van der Waals surface area contributed by atoms with Crippen LogP contribution < -0.4 is 0 Å². The lowest BCUT2D eigenvalue weighted by molar-refractivity contribution is 0.568. The second-order valence-corrected chi connectivity index (χ2v) is 8.02. The molecule has 0 unspecified atom stereocenters. The molecule has 0 N–H and O–H groups in total. The van der Waals surface area contributed by atoms with Crippen LogP contribution in [-0.2, 0) is 5.75 Å². The van der Waals surface area contributed by atoms with E-state index in [2.05, 4.69) is 22.5 Å². The first kappa shape index (κ1) is 15.8. The van der Waals surface area contributed by atoms with Gasteiger partial charge in [-0.2, -0.15) is 0 Å². The molecule has 5 rings (SSSR count). The number of hydrogen-bond acceptors (Lipinski definition) is 6. The number of thiazole rings is 1. The average molecular weight is 380 g/mol. The van der Waals surface area contributed by atoms with Gasteiger partial charge in [0.25, 0.3) is 0 Å². The summed E-state index contributed by atoms with van der Waals surface area (Å²) in [6.07, 6.45) is 5.80. The number of thioether (sulfide) groups is 1. The Morgan fingerprint density at radius 2 is 2.04 bits per heavy atom. The SMILES string of the molecule is c1ccc(-n2nc(SCc3csc(-c4ccoc4)n3)nc2C2CC2)cc1. The van der Waals surface area contributed by atoms with Crippen molar-refractivity contribution < 1.29 is 4.42 Å². The molecule has 0 spiro atoms. The summed E-state index contributed by atoms with van der Waals surface area (Å²) in [5, 5.41) is 8.63.